The van der Waals surface area contributed by atoms with E-state index in [1.54, 1.807) is 7.05 Å². The summed E-state index contributed by atoms with van der Waals surface area (Å²) in [7, 11) is 1.65. The predicted octanol–water partition coefficient (Wildman–Crippen LogP) is 1.58. The number of thioether (sulfide) groups is 1. The van der Waals surface area contributed by atoms with E-state index in [0.29, 0.717) is 12.5 Å². The predicted molar refractivity (Wildman–Crippen MR) is 91.7 cm³/mol. The van der Waals surface area contributed by atoms with E-state index in [9.17, 15) is 4.79 Å². The molecule has 1 unspecified atom stereocenters. The van der Waals surface area contributed by atoms with Crippen LogP contribution in [0.15, 0.2) is 17.8 Å². The molecule has 0 aromatic carbocycles. The number of nitrogens with one attached hydrogen (secondary N) is 2. The number of hydrogen-bond acceptors (Lipinski definition) is 5. The van der Waals surface area contributed by atoms with Gasteiger partial charge in [-0.25, -0.2) is 0 Å². The number of amides is 1. The summed E-state index contributed by atoms with van der Waals surface area (Å²) in [5.74, 6) is 1.45. The molecule has 8 heteroatoms. The Morgan fingerprint density at radius 3 is 2.82 bits per heavy atom. The summed E-state index contributed by atoms with van der Waals surface area (Å²) in [4.78, 5) is 11.7. The molecule has 1 aliphatic heterocycles. The monoisotopic (exact) mass is 345 g/mol. The number of hydrogen-bond donors (Lipinski definition) is 2. The molecule has 2 N–H and O–H groups in total. The lowest BCUT2D eigenvalue weighted by atomic mass is 9.97. The maximum atomic E-state index is 11.7. The normalized spacial score (nSPS) is 16.6. The standard InChI is InChI=1S/C14H23N5OS.ClH/c1-4-9-19-12(11-5-7-16-8-6-11)17-18-14(19)21-10(2)13(20)15-3;/h4,10-11,16H,1,5-9H2,2-3H3,(H,15,20);1H. The Hall–Kier alpha value is -1.05. The molecule has 1 amide bonds. The molecule has 2 heterocycles. The van der Waals surface area contributed by atoms with Gasteiger partial charge in [0.2, 0.25) is 5.91 Å². The molecule has 0 aliphatic carbocycles. The van der Waals surface area contributed by atoms with E-state index in [1.165, 1.54) is 11.8 Å². The molecule has 0 spiro atoms. The maximum absolute atomic E-state index is 11.7. The highest BCUT2D eigenvalue weighted by Gasteiger charge is 2.24. The quantitative estimate of drug-likeness (QED) is 0.605. The third-order valence-corrected chi connectivity index (χ3v) is 4.74. The van der Waals surface area contributed by atoms with Gasteiger partial charge in [0.05, 0.1) is 5.25 Å². The van der Waals surface area contributed by atoms with Crippen LogP contribution in [0.5, 0.6) is 0 Å². The van der Waals surface area contributed by atoms with Crippen molar-refractivity contribution in [3.05, 3.63) is 18.5 Å². The number of aromatic nitrogens is 3. The van der Waals surface area contributed by atoms with Crippen LogP contribution < -0.4 is 10.6 Å². The van der Waals surface area contributed by atoms with Gasteiger partial charge >= 0.3 is 0 Å². The first kappa shape index (κ1) is 19.0. The zero-order chi connectivity index (χ0) is 15.2. The van der Waals surface area contributed by atoms with Crippen LogP contribution in [0.4, 0.5) is 0 Å². The zero-order valence-electron chi connectivity index (χ0n) is 13.0. The molecule has 0 saturated carbocycles. The summed E-state index contributed by atoms with van der Waals surface area (Å²) < 4.78 is 2.09. The van der Waals surface area contributed by atoms with Gasteiger partial charge in [-0.15, -0.1) is 29.2 Å². The van der Waals surface area contributed by atoms with Crippen LogP contribution in [0.1, 0.15) is 31.5 Å². The van der Waals surface area contributed by atoms with E-state index in [2.05, 4.69) is 32.0 Å². The average molecular weight is 346 g/mol. The highest BCUT2D eigenvalue weighted by atomic mass is 35.5. The topological polar surface area (TPSA) is 71.8 Å². The van der Waals surface area contributed by atoms with Crippen LogP contribution in [0, 0.1) is 0 Å². The Balaban J connectivity index is 0.00000242. The zero-order valence-corrected chi connectivity index (χ0v) is 14.7. The van der Waals surface area contributed by atoms with E-state index in [-0.39, 0.29) is 23.6 Å². The van der Waals surface area contributed by atoms with Crippen molar-refractivity contribution in [3.8, 4) is 0 Å². The fraction of sp³-hybridized carbons (Fsp3) is 0.643. The fourth-order valence-electron chi connectivity index (χ4n) is 2.48. The van der Waals surface area contributed by atoms with Gasteiger partial charge in [0.15, 0.2) is 5.16 Å². The lowest BCUT2D eigenvalue weighted by molar-refractivity contribution is -0.119. The van der Waals surface area contributed by atoms with E-state index in [1.807, 2.05) is 13.0 Å². The number of piperidine rings is 1. The number of rotatable bonds is 6. The molecule has 1 saturated heterocycles. The molecule has 6 nitrogen and oxygen atoms in total. The van der Waals surface area contributed by atoms with Crippen molar-refractivity contribution in [3.63, 3.8) is 0 Å². The van der Waals surface area contributed by atoms with Crippen LogP contribution in [0.25, 0.3) is 0 Å². The van der Waals surface area contributed by atoms with Crippen molar-refractivity contribution in [1.82, 2.24) is 25.4 Å². The Bertz CT molecular complexity index is 501. The maximum Gasteiger partial charge on any atom is 0.233 e. The summed E-state index contributed by atoms with van der Waals surface area (Å²) in [6.45, 7) is 8.40. The summed E-state index contributed by atoms with van der Waals surface area (Å²) >= 11 is 1.44. The van der Waals surface area contributed by atoms with Gasteiger partial charge in [-0.1, -0.05) is 17.8 Å². The number of halogens is 1. The second-order valence-corrected chi connectivity index (χ2v) is 6.45. The molecule has 1 aromatic rings. The lowest BCUT2D eigenvalue weighted by Crippen LogP contribution is -2.28. The molecule has 1 fully saturated rings. The summed E-state index contributed by atoms with van der Waals surface area (Å²) in [5.41, 5.74) is 0. The van der Waals surface area contributed by atoms with Crippen LogP contribution >= 0.6 is 24.2 Å². The Kier molecular flexibility index (Phi) is 7.92. The first-order valence-electron chi connectivity index (χ1n) is 7.30. The van der Waals surface area contributed by atoms with E-state index < -0.39 is 0 Å². The van der Waals surface area contributed by atoms with Gasteiger partial charge in [0.1, 0.15) is 5.82 Å². The van der Waals surface area contributed by atoms with Gasteiger partial charge in [-0.05, 0) is 32.9 Å². The van der Waals surface area contributed by atoms with Crippen molar-refractivity contribution in [1.29, 1.82) is 0 Å². The average Bonchev–Trinajstić information content (AvgIpc) is 2.90. The SMILES string of the molecule is C=CCn1c(SC(C)C(=O)NC)nnc1C1CCNCC1.Cl. The van der Waals surface area contributed by atoms with Gasteiger partial charge < -0.3 is 15.2 Å². The molecular weight excluding hydrogens is 322 g/mol. The molecule has 22 heavy (non-hydrogen) atoms. The lowest BCUT2D eigenvalue weighted by Gasteiger charge is -2.22. The minimum absolute atomic E-state index is 0. The number of carbonyl (C=O) groups is 1. The first-order chi connectivity index (χ1) is 10.2. The number of carbonyl (C=O) groups excluding carboxylic acids is 1. The Morgan fingerprint density at radius 1 is 1.55 bits per heavy atom. The molecule has 2 rings (SSSR count). The minimum atomic E-state index is -0.191. The third-order valence-electron chi connectivity index (χ3n) is 3.66. The van der Waals surface area contributed by atoms with E-state index >= 15 is 0 Å². The molecule has 0 bridgehead atoms. The molecule has 124 valence electrons. The van der Waals surface area contributed by atoms with E-state index in [4.69, 9.17) is 0 Å². The molecular formula is C14H24ClN5OS. The van der Waals surface area contributed by atoms with Crippen LogP contribution in [0.3, 0.4) is 0 Å². The van der Waals surface area contributed by atoms with Crippen LogP contribution in [0.2, 0.25) is 0 Å². The summed E-state index contributed by atoms with van der Waals surface area (Å²) in [5, 5.41) is 15.3. The van der Waals surface area contributed by atoms with Crippen molar-refractivity contribution >= 4 is 30.1 Å². The van der Waals surface area contributed by atoms with Gasteiger partial charge in [-0.2, -0.15) is 0 Å². The van der Waals surface area contributed by atoms with Gasteiger partial charge in [0, 0.05) is 19.5 Å². The Labute approximate surface area is 141 Å². The molecule has 1 atom stereocenters. The van der Waals surface area contributed by atoms with Crippen molar-refractivity contribution in [2.45, 2.75) is 42.6 Å². The highest BCUT2D eigenvalue weighted by molar-refractivity contribution is 8.00. The van der Waals surface area contributed by atoms with Crippen molar-refractivity contribution < 1.29 is 4.79 Å². The Morgan fingerprint density at radius 2 is 2.23 bits per heavy atom. The van der Waals surface area contributed by atoms with Crippen LogP contribution in [-0.4, -0.2) is 46.1 Å². The second-order valence-electron chi connectivity index (χ2n) is 5.14. The summed E-state index contributed by atoms with van der Waals surface area (Å²) in [6.07, 6.45) is 4.00. The highest BCUT2D eigenvalue weighted by Crippen LogP contribution is 2.29. The van der Waals surface area contributed by atoms with Crippen molar-refractivity contribution in [2.24, 2.45) is 0 Å². The smallest absolute Gasteiger partial charge is 0.233 e. The molecule has 1 aromatic heterocycles. The minimum Gasteiger partial charge on any atom is -0.358 e. The molecule has 1 aliphatic rings. The van der Waals surface area contributed by atoms with Gasteiger partial charge in [0.25, 0.3) is 0 Å². The number of nitrogens with zero attached hydrogens (tertiary/aromatic N) is 3. The van der Waals surface area contributed by atoms with Crippen molar-refractivity contribution in [2.75, 3.05) is 20.1 Å². The number of allylic oxidation sites excluding steroid dienone is 1. The molecule has 0 radical (unpaired) electrons. The fourth-order valence-corrected chi connectivity index (χ4v) is 3.41. The largest absolute Gasteiger partial charge is 0.358 e. The summed E-state index contributed by atoms with van der Waals surface area (Å²) in [6, 6.07) is 0. The van der Waals surface area contributed by atoms with Gasteiger partial charge in [-0.3, -0.25) is 4.79 Å². The first-order valence-corrected chi connectivity index (χ1v) is 8.18. The van der Waals surface area contributed by atoms with E-state index in [0.717, 1.165) is 36.9 Å². The third kappa shape index (κ3) is 4.47. The second kappa shape index (κ2) is 9.17. The van der Waals surface area contributed by atoms with Crippen LogP contribution in [-0.2, 0) is 11.3 Å².